The largest absolute Gasteiger partial charge is 0.464 e. The predicted octanol–water partition coefficient (Wildman–Crippen LogP) is 3.34. The lowest BCUT2D eigenvalue weighted by atomic mass is 10.0. The van der Waals surface area contributed by atoms with Crippen LogP contribution in [0.2, 0.25) is 0 Å². The average molecular weight is 233 g/mol. The highest BCUT2D eigenvalue weighted by molar-refractivity contribution is 5.31. The van der Waals surface area contributed by atoms with Gasteiger partial charge < -0.3 is 9.73 Å². The Morgan fingerprint density at radius 3 is 2.47 bits per heavy atom. The van der Waals surface area contributed by atoms with E-state index in [1.165, 1.54) is 6.07 Å². The van der Waals surface area contributed by atoms with Gasteiger partial charge in [0.2, 0.25) is 0 Å². The predicted molar refractivity (Wildman–Crippen MR) is 65.5 cm³/mol. The number of hydrogen-bond acceptors (Lipinski definition) is 2. The van der Waals surface area contributed by atoms with Gasteiger partial charge >= 0.3 is 0 Å². The number of benzene rings is 1. The summed E-state index contributed by atoms with van der Waals surface area (Å²) in [5.41, 5.74) is 1.65. The van der Waals surface area contributed by atoms with Crippen LogP contribution in [-0.2, 0) is 0 Å². The molecular formula is C14H16FNO. The maximum atomic E-state index is 13.2. The van der Waals surface area contributed by atoms with Crippen LogP contribution in [0.1, 0.15) is 28.7 Å². The van der Waals surface area contributed by atoms with E-state index in [-0.39, 0.29) is 11.9 Å². The molecule has 0 spiro atoms. The Balaban J connectivity index is 2.38. The molecule has 2 aromatic rings. The molecule has 1 atom stereocenters. The molecule has 90 valence electrons. The summed E-state index contributed by atoms with van der Waals surface area (Å²) in [5, 5.41) is 3.18. The number of aryl methyl sites for hydroxylation is 2. The van der Waals surface area contributed by atoms with Gasteiger partial charge in [0.15, 0.2) is 0 Å². The van der Waals surface area contributed by atoms with Crippen LogP contribution in [0.5, 0.6) is 0 Å². The smallest absolute Gasteiger partial charge is 0.126 e. The molecule has 0 aliphatic rings. The quantitative estimate of drug-likeness (QED) is 0.879. The molecule has 2 rings (SSSR count). The molecule has 0 aliphatic heterocycles. The van der Waals surface area contributed by atoms with Gasteiger partial charge in [-0.3, -0.25) is 0 Å². The maximum Gasteiger partial charge on any atom is 0.126 e. The van der Waals surface area contributed by atoms with Gasteiger partial charge in [0.25, 0.3) is 0 Å². The van der Waals surface area contributed by atoms with Gasteiger partial charge in [0.1, 0.15) is 17.3 Å². The third-order valence-corrected chi connectivity index (χ3v) is 2.85. The lowest BCUT2D eigenvalue weighted by molar-refractivity contribution is 0.443. The fourth-order valence-electron chi connectivity index (χ4n) is 1.93. The molecule has 0 saturated carbocycles. The van der Waals surface area contributed by atoms with Gasteiger partial charge in [-0.15, -0.1) is 0 Å². The monoisotopic (exact) mass is 233 g/mol. The van der Waals surface area contributed by atoms with Crippen LogP contribution in [0.3, 0.4) is 0 Å². The van der Waals surface area contributed by atoms with E-state index in [4.69, 9.17) is 4.42 Å². The molecule has 0 fully saturated rings. The molecular weight excluding hydrogens is 217 g/mol. The van der Waals surface area contributed by atoms with Gasteiger partial charge in [-0.05, 0) is 50.2 Å². The van der Waals surface area contributed by atoms with Crippen LogP contribution in [-0.4, -0.2) is 7.05 Å². The van der Waals surface area contributed by atoms with Crippen molar-refractivity contribution in [3.63, 3.8) is 0 Å². The molecule has 0 amide bonds. The first-order valence-electron chi connectivity index (χ1n) is 5.61. The molecule has 0 saturated heterocycles. The molecule has 0 aliphatic carbocycles. The summed E-state index contributed by atoms with van der Waals surface area (Å²) in [6.07, 6.45) is 0. The maximum absolute atomic E-state index is 13.2. The zero-order chi connectivity index (χ0) is 12.4. The second kappa shape index (κ2) is 4.72. The Labute approximate surface area is 100 Å². The average Bonchev–Trinajstić information content (AvgIpc) is 2.71. The normalized spacial score (nSPS) is 12.7. The van der Waals surface area contributed by atoms with E-state index in [1.807, 2.05) is 32.2 Å². The molecule has 0 bridgehead atoms. The SMILES string of the molecule is CNC(c1ccc(F)c(C)c1)c1ccc(C)o1. The number of halogens is 1. The van der Waals surface area contributed by atoms with E-state index in [0.29, 0.717) is 5.56 Å². The molecule has 1 N–H and O–H groups in total. The molecule has 0 radical (unpaired) electrons. The van der Waals surface area contributed by atoms with E-state index >= 15 is 0 Å². The number of furan rings is 1. The van der Waals surface area contributed by atoms with Crippen LogP contribution in [0.4, 0.5) is 4.39 Å². The number of hydrogen-bond donors (Lipinski definition) is 1. The third kappa shape index (κ3) is 2.39. The molecule has 1 heterocycles. The minimum atomic E-state index is -0.181. The summed E-state index contributed by atoms with van der Waals surface area (Å²) < 4.78 is 18.8. The minimum Gasteiger partial charge on any atom is -0.464 e. The van der Waals surface area contributed by atoms with E-state index in [1.54, 1.807) is 13.0 Å². The minimum absolute atomic E-state index is 0.0389. The van der Waals surface area contributed by atoms with Crippen LogP contribution < -0.4 is 5.32 Å². The second-order valence-electron chi connectivity index (χ2n) is 4.18. The van der Waals surface area contributed by atoms with E-state index in [0.717, 1.165) is 17.1 Å². The van der Waals surface area contributed by atoms with Crippen molar-refractivity contribution < 1.29 is 8.81 Å². The second-order valence-corrected chi connectivity index (χ2v) is 4.18. The van der Waals surface area contributed by atoms with Crippen molar-refractivity contribution in [2.75, 3.05) is 7.05 Å². The Bertz CT molecular complexity index is 519. The number of rotatable bonds is 3. The third-order valence-electron chi connectivity index (χ3n) is 2.85. The van der Waals surface area contributed by atoms with Crippen molar-refractivity contribution in [3.05, 3.63) is 58.8 Å². The summed E-state index contributed by atoms with van der Waals surface area (Å²) >= 11 is 0. The van der Waals surface area contributed by atoms with Crippen molar-refractivity contribution in [3.8, 4) is 0 Å². The molecule has 1 aromatic heterocycles. The van der Waals surface area contributed by atoms with Gasteiger partial charge in [-0.2, -0.15) is 0 Å². The van der Waals surface area contributed by atoms with Crippen molar-refractivity contribution >= 4 is 0 Å². The highest BCUT2D eigenvalue weighted by atomic mass is 19.1. The highest BCUT2D eigenvalue weighted by Crippen LogP contribution is 2.24. The molecule has 1 aromatic carbocycles. The summed E-state index contributed by atoms with van der Waals surface area (Å²) in [7, 11) is 1.86. The Morgan fingerprint density at radius 2 is 1.94 bits per heavy atom. The van der Waals surface area contributed by atoms with Crippen LogP contribution in [0.15, 0.2) is 34.7 Å². The molecule has 2 nitrogen and oxygen atoms in total. The van der Waals surface area contributed by atoms with E-state index in [2.05, 4.69) is 5.32 Å². The van der Waals surface area contributed by atoms with E-state index in [9.17, 15) is 4.39 Å². The molecule has 17 heavy (non-hydrogen) atoms. The van der Waals surface area contributed by atoms with Gasteiger partial charge in [0, 0.05) is 0 Å². The molecule has 1 unspecified atom stereocenters. The Hall–Kier alpha value is -1.61. The fourth-order valence-corrected chi connectivity index (χ4v) is 1.93. The summed E-state index contributed by atoms with van der Waals surface area (Å²) in [4.78, 5) is 0. The standard InChI is InChI=1S/C14H16FNO/c1-9-8-11(5-6-12(9)15)14(16-3)13-7-4-10(2)17-13/h4-8,14,16H,1-3H3. The summed E-state index contributed by atoms with van der Waals surface area (Å²) in [5.74, 6) is 1.54. The Morgan fingerprint density at radius 1 is 1.18 bits per heavy atom. The summed E-state index contributed by atoms with van der Waals surface area (Å²) in [6.45, 7) is 3.67. The first-order valence-corrected chi connectivity index (χ1v) is 5.61. The Kier molecular flexibility index (Phi) is 3.29. The highest BCUT2D eigenvalue weighted by Gasteiger charge is 2.16. The van der Waals surface area contributed by atoms with Gasteiger partial charge in [-0.1, -0.05) is 12.1 Å². The van der Waals surface area contributed by atoms with E-state index < -0.39 is 0 Å². The van der Waals surface area contributed by atoms with Crippen molar-refractivity contribution in [2.45, 2.75) is 19.9 Å². The molecule has 3 heteroatoms. The first kappa shape index (κ1) is 11.9. The van der Waals surface area contributed by atoms with Gasteiger partial charge in [-0.25, -0.2) is 4.39 Å². The zero-order valence-electron chi connectivity index (χ0n) is 10.3. The lowest BCUT2D eigenvalue weighted by Gasteiger charge is -2.15. The topological polar surface area (TPSA) is 25.2 Å². The van der Waals surface area contributed by atoms with Crippen molar-refractivity contribution in [1.82, 2.24) is 5.32 Å². The van der Waals surface area contributed by atoms with Crippen molar-refractivity contribution in [1.29, 1.82) is 0 Å². The summed E-state index contributed by atoms with van der Waals surface area (Å²) in [6, 6.07) is 8.94. The zero-order valence-corrected chi connectivity index (χ0v) is 10.3. The lowest BCUT2D eigenvalue weighted by Crippen LogP contribution is -2.17. The fraction of sp³-hybridized carbons (Fsp3) is 0.286. The van der Waals surface area contributed by atoms with Crippen LogP contribution in [0.25, 0.3) is 0 Å². The van der Waals surface area contributed by atoms with Gasteiger partial charge in [0.05, 0.1) is 6.04 Å². The van der Waals surface area contributed by atoms with Crippen molar-refractivity contribution in [2.24, 2.45) is 0 Å². The van der Waals surface area contributed by atoms with Crippen LogP contribution >= 0.6 is 0 Å². The first-order chi connectivity index (χ1) is 8.11. The number of nitrogens with one attached hydrogen (secondary N) is 1. The van der Waals surface area contributed by atoms with Crippen LogP contribution in [0, 0.1) is 19.7 Å².